The van der Waals surface area contributed by atoms with Crippen molar-refractivity contribution in [2.75, 3.05) is 20.3 Å². The van der Waals surface area contributed by atoms with Gasteiger partial charge < -0.3 is 24.5 Å². The largest absolute Gasteiger partial charge is 0.499 e. The standard InChI is InChI=1S/C14H18BNO5/c1-14(6-12(17)18-2)8-19-10-5-3-4-9-11(7-16)20-15(21-14)13(9)10/h3-5,11H,6-8,16H2,1-2H3. The van der Waals surface area contributed by atoms with Crippen LogP contribution in [0.2, 0.25) is 0 Å². The first kappa shape index (κ1) is 14.4. The second kappa shape index (κ2) is 5.33. The summed E-state index contributed by atoms with van der Waals surface area (Å²) in [6.07, 6.45) is -0.117. The van der Waals surface area contributed by atoms with E-state index in [0.717, 1.165) is 16.8 Å². The molecule has 0 saturated carbocycles. The second-order valence-corrected chi connectivity index (χ2v) is 5.56. The lowest BCUT2D eigenvalue weighted by atomic mass is 9.77. The van der Waals surface area contributed by atoms with Crippen LogP contribution in [0.4, 0.5) is 0 Å². The third kappa shape index (κ3) is 2.52. The van der Waals surface area contributed by atoms with Gasteiger partial charge in [0.05, 0.1) is 25.2 Å². The molecule has 0 aliphatic carbocycles. The number of hydrogen-bond donors (Lipinski definition) is 1. The van der Waals surface area contributed by atoms with Gasteiger partial charge in [0.25, 0.3) is 0 Å². The average Bonchev–Trinajstić information content (AvgIpc) is 2.75. The van der Waals surface area contributed by atoms with Crippen molar-refractivity contribution in [3.63, 3.8) is 0 Å². The zero-order valence-electron chi connectivity index (χ0n) is 12.1. The van der Waals surface area contributed by atoms with Gasteiger partial charge in [0.15, 0.2) is 0 Å². The lowest BCUT2D eigenvalue weighted by molar-refractivity contribution is -0.146. The van der Waals surface area contributed by atoms with Gasteiger partial charge in [0.1, 0.15) is 12.4 Å². The molecule has 2 heterocycles. The van der Waals surface area contributed by atoms with Crippen LogP contribution in [0.25, 0.3) is 0 Å². The van der Waals surface area contributed by atoms with Crippen LogP contribution in [0.3, 0.4) is 0 Å². The quantitative estimate of drug-likeness (QED) is 0.630. The molecule has 0 radical (unpaired) electrons. The molecule has 0 aromatic heterocycles. The zero-order valence-corrected chi connectivity index (χ0v) is 12.1. The van der Waals surface area contributed by atoms with Crippen LogP contribution >= 0.6 is 0 Å². The van der Waals surface area contributed by atoms with E-state index >= 15 is 0 Å². The molecule has 6 nitrogen and oxygen atoms in total. The summed E-state index contributed by atoms with van der Waals surface area (Å²) in [5, 5.41) is 0. The highest BCUT2D eigenvalue weighted by Gasteiger charge is 2.47. The topological polar surface area (TPSA) is 80.0 Å². The fourth-order valence-corrected chi connectivity index (χ4v) is 2.77. The second-order valence-electron chi connectivity index (χ2n) is 5.56. The van der Waals surface area contributed by atoms with Crippen molar-refractivity contribution in [1.82, 2.24) is 0 Å². The number of rotatable bonds is 3. The minimum absolute atomic E-state index is 0.0972. The Morgan fingerprint density at radius 3 is 3.10 bits per heavy atom. The Kier molecular flexibility index (Phi) is 3.65. The molecule has 1 aromatic carbocycles. The summed E-state index contributed by atoms with van der Waals surface area (Å²) in [5.74, 6) is 0.377. The first-order valence-corrected chi connectivity index (χ1v) is 6.92. The van der Waals surface area contributed by atoms with Crippen LogP contribution in [0.1, 0.15) is 25.0 Å². The minimum Gasteiger partial charge on any atom is -0.491 e. The number of carbonyl (C=O) groups is 1. The zero-order chi connectivity index (χ0) is 15.0. The summed E-state index contributed by atoms with van der Waals surface area (Å²) in [7, 11) is 0.786. The lowest BCUT2D eigenvalue weighted by Crippen LogP contribution is -2.44. The van der Waals surface area contributed by atoms with E-state index in [-0.39, 0.29) is 25.1 Å². The number of ether oxygens (including phenoxy) is 2. The maximum atomic E-state index is 11.6. The molecule has 0 fully saturated rings. The van der Waals surface area contributed by atoms with Crippen LogP contribution in [0.15, 0.2) is 18.2 Å². The molecule has 7 heteroatoms. The van der Waals surface area contributed by atoms with Crippen molar-refractivity contribution >= 4 is 18.6 Å². The highest BCUT2D eigenvalue weighted by atomic mass is 16.6. The average molecular weight is 291 g/mol. The number of nitrogens with two attached hydrogens (primary N) is 1. The molecule has 1 aromatic rings. The van der Waals surface area contributed by atoms with E-state index in [1.807, 2.05) is 25.1 Å². The first-order chi connectivity index (χ1) is 10.1. The van der Waals surface area contributed by atoms with Gasteiger partial charge in [0.2, 0.25) is 0 Å². The van der Waals surface area contributed by atoms with Crippen LogP contribution < -0.4 is 15.9 Å². The van der Waals surface area contributed by atoms with Crippen LogP contribution in [-0.2, 0) is 18.8 Å². The summed E-state index contributed by atoms with van der Waals surface area (Å²) < 4.78 is 22.5. The molecule has 0 spiro atoms. The predicted molar refractivity (Wildman–Crippen MR) is 76.3 cm³/mol. The number of benzene rings is 1. The van der Waals surface area contributed by atoms with Gasteiger partial charge in [-0.1, -0.05) is 12.1 Å². The van der Waals surface area contributed by atoms with E-state index in [1.165, 1.54) is 7.11 Å². The van der Waals surface area contributed by atoms with Crippen molar-refractivity contribution in [2.45, 2.75) is 25.0 Å². The number of esters is 1. The molecule has 0 amide bonds. The van der Waals surface area contributed by atoms with E-state index in [1.54, 1.807) is 0 Å². The minimum atomic E-state index is -0.808. The Morgan fingerprint density at radius 1 is 1.57 bits per heavy atom. The summed E-state index contributed by atoms with van der Waals surface area (Å²) in [5.41, 5.74) is 6.81. The molecule has 2 atom stereocenters. The summed E-state index contributed by atoms with van der Waals surface area (Å²) in [6, 6.07) is 5.75. The molecule has 112 valence electrons. The van der Waals surface area contributed by atoms with Gasteiger partial charge in [-0.3, -0.25) is 4.79 Å². The third-order valence-corrected chi connectivity index (χ3v) is 3.85. The predicted octanol–water partition coefficient (Wildman–Crippen LogP) is 0.143. The number of hydrogen-bond acceptors (Lipinski definition) is 6. The van der Waals surface area contributed by atoms with Gasteiger partial charge in [-0.05, 0) is 18.6 Å². The van der Waals surface area contributed by atoms with Gasteiger partial charge in [-0.25, -0.2) is 0 Å². The van der Waals surface area contributed by atoms with E-state index in [0.29, 0.717) is 6.54 Å². The molecule has 3 rings (SSSR count). The maximum absolute atomic E-state index is 11.6. The summed E-state index contributed by atoms with van der Waals surface area (Å²) >= 11 is 0. The normalized spacial score (nSPS) is 26.8. The first-order valence-electron chi connectivity index (χ1n) is 6.92. The summed E-state index contributed by atoms with van der Waals surface area (Å²) in [6.45, 7) is 2.43. The van der Waals surface area contributed by atoms with E-state index < -0.39 is 12.7 Å². The molecular formula is C14H18BNO5. The highest BCUT2D eigenvalue weighted by molar-refractivity contribution is 6.64. The highest BCUT2D eigenvalue weighted by Crippen LogP contribution is 2.33. The lowest BCUT2D eigenvalue weighted by Gasteiger charge is -2.28. The van der Waals surface area contributed by atoms with E-state index in [9.17, 15) is 4.79 Å². The molecule has 21 heavy (non-hydrogen) atoms. The van der Waals surface area contributed by atoms with Gasteiger partial charge in [0, 0.05) is 12.0 Å². The Balaban J connectivity index is 1.92. The van der Waals surface area contributed by atoms with Crippen molar-refractivity contribution in [2.24, 2.45) is 5.73 Å². The van der Waals surface area contributed by atoms with Gasteiger partial charge >= 0.3 is 13.1 Å². The Bertz CT molecular complexity index is 566. The van der Waals surface area contributed by atoms with E-state index in [4.69, 9.17) is 24.5 Å². The van der Waals surface area contributed by atoms with Crippen molar-refractivity contribution in [1.29, 1.82) is 0 Å². The molecule has 2 unspecified atom stereocenters. The Hall–Kier alpha value is -1.57. The molecular weight excluding hydrogens is 273 g/mol. The Labute approximate surface area is 123 Å². The molecule has 2 N–H and O–H groups in total. The SMILES string of the molecule is COC(=O)CC1(C)COc2cccc3c2B(OC3CN)O1. The van der Waals surface area contributed by atoms with E-state index in [2.05, 4.69) is 0 Å². The third-order valence-electron chi connectivity index (χ3n) is 3.85. The summed E-state index contributed by atoms with van der Waals surface area (Å²) in [4.78, 5) is 11.6. The number of carbonyl (C=O) groups excluding carboxylic acids is 1. The van der Waals surface area contributed by atoms with Gasteiger partial charge in [-0.15, -0.1) is 0 Å². The fourth-order valence-electron chi connectivity index (χ4n) is 2.77. The van der Waals surface area contributed by atoms with Gasteiger partial charge in [-0.2, -0.15) is 0 Å². The monoisotopic (exact) mass is 291 g/mol. The number of methoxy groups -OCH3 is 1. The van der Waals surface area contributed by atoms with Crippen molar-refractivity contribution < 1.29 is 23.6 Å². The Morgan fingerprint density at radius 2 is 2.38 bits per heavy atom. The van der Waals surface area contributed by atoms with Crippen LogP contribution in [0.5, 0.6) is 5.75 Å². The molecule has 0 bridgehead atoms. The smallest absolute Gasteiger partial charge is 0.491 e. The van der Waals surface area contributed by atoms with Crippen molar-refractivity contribution in [3.05, 3.63) is 23.8 Å². The fraction of sp³-hybridized carbons (Fsp3) is 0.500. The van der Waals surface area contributed by atoms with Crippen LogP contribution in [0, 0.1) is 0 Å². The van der Waals surface area contributed by atoms with Crippen LogP contribution in [-0.4, -0.2) is 39.0 Å². The molecule has 2 aliphatic heterocycles. The molecule has 0 saturated heterocycles. The van der Waals surface area contributed by atoms with Crippen molar-refractivity contribution in [3.8, 4) is 5.75 Å². The molecule has 2 aliphatic rings. The maximum Gasteiger partial charge on any atom is 0.499 e.